The smallest absolute Gasteiger partial charge is 0.350 e. The molecule has 0 fully saturated rings. The van der Waals surface area contributed by atoms with Gasteiger partial charge in [0.2, 0.25) is 5.43 Å². The number of nitrogens with zero attached hydrogens (tertiary/aromatic N) is 4. The maximum absolute atomic E-state index is 13.5. The zero-order valence-electron chi connectivity index (χ0n) is 18.2. The lowest BCUT2D eigenvalue weighted by Crippen LogP contribution is -2.34. The zero-order valence-corrected chi connectivity index (χ0v) is 19.0. The fourth-order valence-electron chi connectivity index (χ4n) is 3.41. The van der Waals surface area contributed by atoms with Gasteiger partial charge in [-0.3, -0.25) is 19.2 Å². The lowest BCUT2D eigenvalue weighted by molar-refractivity contribution is -0.119. The summed E-state index contributed by atoms with van der Waals surface area (Å²) < 4.78 is 6.62. The van der Waals surface area contributed by atoms with Crippen molar-refractivity contribution in [2.75, 3.05) is 11.5 Å². The Morgan fingerprint density at radius 2 is 1.82 bits per heavy atom. The van der Waals surface area contributed by atoms with Crippen LogP contribution in [-0.4, -0.2) is 33.2 Å². The molecule has 9 heteroatoms. The molecule has 2 heterocycles. The zero-order chi connectivity index (χ0) is 23.4. The molecular formula is C24H22N4O4S. The van der Waals surface area contributed by atoms with Crippen LogP contribution in [0.15, 0.2) is 65.6 Å². The van der Waals surface area contributed by atoms with E-state index in [0.717, 1.165) is 16.9 Å². The number of thiazole rings is 1. The number of aromatic nitrogens is 3. The van der Waals surface area contributed by atoms with Gasteiger partial charge in [-0.15, -0.1) is 0 Å². The highest BCUT2D eigenvalue weighted by Crippen LogP contribution is 2.28. The molecule has 0 radical (unpaired) electrons. The SMILES string of the molecule is CCOC(=O)c1sc(N(Cc2ccccc2)C(=O)Cn2ncc(=O)c3ccccc32)nc1C. The minimum Gasteiger partial charge on any atom is -0.462 e. The van der Waals surface area contributed by atoms with Crippen molar-refractivity contribution < 1.29 is 14.3 Å². The number of benzene rings is 2. The summed E-state index contributed by atoms with van der Waals surface area (Å²) in [6.45, 7) is 3.88. The van der Waals surface area contributed by atoms with Gasteiger partial charge in [-0.25, -0.2) is 9.78 Å². The number of hydrogen-bond donors (Lipinski definition) is 0. The predicted octanol–water partition coefficient (Wildman–Crippen LogP) is 3.57. The molecule has 0 N–H and O–H groups in total. The largest absolute Gasteiger partial charge is 0.462 e. The van der Waals surface area contributed by atoms with Crippen molar-refractivity contribution in [3.63, 3.8) is 0 Å². The van der Waals surface area contributed by atoms with Crippen molar-refractivity contribution in [1.29, 1.82) is 0 Å². The number of hydrogen-bond acceptors (Lipinski definition) is 7. The molecule has 4 rings (SSSR count). The summed E-state index contributed by atoms with van der Waals surface area (Å²) in [5, 5.41) is 5.06. The Kier molecular flexibility index (Phi) is 6.60. The maximum atomic E-state index is 13.5. The normalized spacial score (nSPS) is 10.8. The maximum Gasteiger partial charge on any atom is 0.350 e. The van der Waals surface area contributed by atoms with Gasteiger partial charge < -0.3 is 4.74 Å². The third-order valence-corrected chi connectivity index (χ3v) is 6.17. The molecule has 0 spiro atoms. The van der Waals surface area contributed by atoms with E-state index >= 15 is 0 Å². The van der Waals surface area contributed by atoms with Gasteiger partial charge in [0, 0.05) is 5.39 Å². The molecule has 0 saturated carbocycles. The average molecular weight is 463 g/mol. The summed E-state index contributed by atoms with van der Waals surface area (Å²) in [5.74, 6) is -0.733. The van der Waals surface area contributed by atoms with Gasteiger partial charge in [-0.1, -0.05) is 53.8 Å². The summed E-state index contributed by atoms with van der Waals surface area (Å²) in [5.41, 5.74) is 1.78. The number of anilines is 1. The third-order valence-electron chi connectivity index (χ3n) is 5.01. The van der Waals surface area contributed by atoms with Gasteiger partial charge in [0.15, 0.2) is 5.13 Å². The van der Waals surface area contributed by atoms with Crippen LogP contribution >= 0.6 is 11.3 Å². The summed E-state index contributed by atoms with van der Waals surface area (Å²) in [6.07, 6.45) is 1.21. The number of rotatable bonds is 7. The van der Waals surface area contributed by atoms with Crippen LogP contribution in [0.3, 0.4) is 0 Å². The first kappa shape index (κ1) is 22.3. The summed E-state index contributed by atoms with van der Waals surface area (Å²) in [6, 6.07) is 16.5. The topological polar surface area (TPSA) is 94.4 Å². The fourth-order valence-corrected chi connectivity index (χ4v) is 4.39. The van der Waals surface area contributed by atoms with Crippen LogP contribution in [0, 0.1) is 6.92 Å². The first-order valence-corrected chi connectivity index (χ1v) is 11.2. The molecule has 168 valence electrons. The average Bonchev–Trinajstić information content (AvgIpc) is 3.21. The van der Waals surface area contributed by atoms with Crippen molar-refractivity contribution in [2.24, 2.45) is 0 Å². The lowest BCUT2D eigenvalue weighted by Gasteiger charge is -2.21. The number of aryl methyl sites for hydroxylation is 1. The monoisotopic (exact) mass is 462 g/mol. The van der Waals surface area contributed by atoms with Gasteiger partial charge in [0.1, 0.15) is 11.4 Å². The number of para-hydroxylation sites is 1. The molecule has 0 aliphatic heterocycles. The van der Waals surface area contributed by atoms with E-state index in [1.807, 2.05) is 30.3 Å². The number of esters is 1. The van der Waals surface area contributed by atoms with Crippen LogP contribution < -0.4 is 10.3 Å². The van der Waals surface area contributed by atoms with Gasteiger partial charge in [0.25, 0.3) is 5.91 Å². The van der Waals surface area contributed by atoms with E-state index in [-0.39, 0.29) is 31.0 Å². The van der Waals surface area contributed by atoms with Gasteiger partial charge in [-0.2, -0.15) is 5.10 Å². The number of carbonyl (C=O) groups excluding carboxylic acids is 2. The van der Waals surface area contributed by atoms with Gasteiger partial charge in [-0.05, 0) is 31.5 Å². The standard InChI is InChI=1S/C24H22N4O4S/c1-3-32-23(31)22-16(2)26-24(33-22)27(14-17-9-5-4-6-10-17)21(30)15-28-19-12-8-7-11-18(19)20(29)13-25-28/h4-13H,3,14-15H2,1-2H3. The molecule has 0 atom stereocenters. The van der Waals surface area contributed by atoms with Crippen molar-refractivity contribution >= 4 is 39.2 Å². The van der Waals surface area contributed by atoms with Crippen LogP contribution in [0.5, 0.6) is 0 Å². The molecule has 0 aliphatic carbocycles. The Labute approximate surface area is 194 Å². The number of amides is 1. The molecule has 0 saturated heterocycles. The van der Waals surface area contributed by atoms with E-state index in [2.05, 4.69) is 10.1 Å². The van der Waals surface area contributed by atoms with Gasteiger partial charge in [0.05, 0.1) is 30.6 Å². The quantitative estimate of drug-likeness (QED) is 0.390. The highest BCUT2D eigenvalue weighted by atomic mass is 32.1. The first-order valence-electron chi connectivity index (χ1n) is 10.4. The molecule has 8 nitrogen and oxygen atoms in total. The second kappa shape index (κ2) is 9.74. The lowest BCUT2D eigenvalue weighted by atomic mass is 10.2. The molecule has 2 aromatic heterocycles. The predicted molar refractivity (Wildman–Crippen MR) is 126 cm³/mol. The molecule has 0 unspecified atom stereocenters. The molecule has 0 aliphatic rings. The van der Waals surface area contributed by atoms with Crippen LogP contribution in [0.2, 0.25) is 0 Å². The highest BCUT2D eigenvalue weighted by molar-refractivity contribution is 7.17. The second-order valence-corrected chi connectivity index (χ2v) is 8.26. The Bertz CT molecular complexity index is 1360. The van der Waals surface area contributed by atoms with Crippen LogP contribution in [0.4, 0.5) is 5.13 Å². The van der Waals surface area contributed by atoms with E-state index in [4.69, 9.17) is 4.74 Å². The van der Waals surface area contributed by atoms with E-state index in [0.29, 0.717) is 26.6 Å². The second-order valence-electron chi connectivity index (χ2n) is 7.28. The van der Waals surface area contributed by atoms with Crippen LogP contribution in [0.1, 0.15) is 27.9 Å². The van der Waals surface area contributed by atoms with Crippen molar-refractivity contribution in [3.05, 3.63) is 87.2 Å². The summed E-state index contributed by atoms with van der Waals surface area (Å²) in [7, 11) is 0. The van der Waals surface area contributed by atoms with Crippen molar-refractivity contribution in [2.45, 2.75) is 26.9 Å². The minimum atomic E-state index is -0.459. The highest BCUT2D eigenvalue weighted by Gasteiger charge is 2.25. The van der Waals surface area contributed by atoms with E-state index in [9.17, 15) is 14.4 Å². The number of ether oxygens (including phenoxy) is 1. The van der Waals surface area contributed by atoms with Crippen LogP contribution in [0.25, 0.3) is 10.9 Å². The van der Waals surface area contributed by atoms with Crippen molar-refractivity contribution in [3.8, 4) is 0 Å². The fraction of sp³-hybridized carbons (Fsp3) is 0.208. The molecule has 33 heavy (non-hydrogen) atoms. The van der Waals surface area contributed by atoms with Gasteiger partial charge >= 0.3 is 5.97 Å². The Morgan fingerprint density at radius 3 is 2.58 bits per heavy atom. The first-order chi connectivity index (χ1) is 16.0. The molecule has 2 aromatic carbocycles. The molecule has 1 amide bonds. The third kappa shape index (κ3) is 4.83. The summed E-state index contributed by atoms with van der Waals surface area (Å²) >= 11 is 1.12. The molecule has 4 aromatic rings. The molecule has 0 bridgehead atoms. The Balaban J connectivity index is 1.71. The van der Waals surface area contributed by atoms with E-state index < -0.39 is 5.97 Å². The van der Waals surface area contributed by atoms with E-state index in [1.54, 1.807) is 38.1 Å². The minimum absolute atomic E-state index is 0.0962. The Morgan fingerprint density at radius 1 is 1.09 bits per heavy atom. The molecular weight excluding hydrogens is 440 g/mol. The summed E-state index contributed by atoms with van der Waals surface area (Å²) in [4.78, 5) is 44.3. The van der Waals surface area contributed by atoms with Crippen molar-refractivity contribution in [1.82, 2.24) is 14.8 Å². The Hall–Kier alpha value is -3.85. The van der Waals surface area contributed by atoms with Crippen LogP contribution in [-0.2, 0) is 22.6 Å². The number of carbonyl (C=O) groups is 2. The van der Waals surface area contributed by atoms with E-state index in [1.165, 1.54) is 15.8 Å². The number of fused-ring (bicyclic) bond motifs is 1.